The van der Waals surface area contributed by atoms with Crippen molar-refractivity contribution in [1.82, 2.24) is 30.0 Å². The molecular formula is C22H34N6O2. The molecule has 1 fully saturated rings. The quantitative estimate of drug-likeness (QED) is 0.554. The molecule has 30 heavy (non-hydrogen) atoms. The first-order valence-corrected chi connectivity index (χ1v) is 10.6. The second-order valence-electron chi connectivity index (χ2n) is 8.08. The fourth-order valence-corrected chi connectivity index (χ4v) is 3.89. The van der Waals surface area contributed by atoms with Gasteiger partial charge >= 0.3 is 0 Å². The van der Waals surface area contributed by atoms with Crippen LogP contribution < -0.4 is 9.47 Å². The molecule has 2 aromatic rings. The van der Waals surface area contributed by atoms with Gasteiger partial charge in [-0.25, -0.2) is 4.68 Å². The monoisotopic (exact) mass is 414 g/mol. The van der Waals surface area contributed by atoms with Crippen LogP contribution in [-0.2, 0) is 6.54 Å². The standard InChI is InChI=1S/C22H34N6O2/c1-6-10-26-12-14-27(15-13-26)21(19-16-18(29-4)7-8-20(19)30-5)22-23-24-25-28(22)11-9-17(2)3/h6-8,16-17,21H,1,9-15H2,2-5H3. The van der Waals surface area contributed by atoms with Crippen molar-refractivity contribution >= 4 is 0 Å². The van der Waals surface area contributed by atoms with E-state index in [9.17, 15) is 0 Å². The number of benzene rings is 1. The van der Waals surface area contributed by atoms with Gasteiger partial charge in [0.25, 0.3) is 0 Å². The summed E-state index contributed by atoms with van der Waals surface area (Å²) < 4.78 is 13.2. The van der Waals surface area contributed by atoms with Crippen molar-refractivity contribution < 1.29 is 9.47 Å². The number of aromatic nitrogens is 4. The maximum atomic E-state index is 5.73. The highest BCUT2D eigenvalue weighted by Gasteiger charge is 2.32. The molecule has 1 saturated heterocycles. The third-order valence-corrected chi connectivity index (χ3v) is 5.61. The van der Waals surface area contributed by atoms with E-state index in [1.165, 1.54) is 0 Å². The van der Waals surface area contributed by atoms with Gasteiger partial charge in [-0.3, -0.25) is 9.80 Å². The van der Waals surface area contributed by atoms with Gasteiger partial charge in [0.05, 0.1) is 14.2 Å². The molecule has 0 spiro atoms. The van der Waals surface area contributed by atoms with Crippen LogP contribution in [0.25, 0.3) is 0 Å². The van der Waals surface area contributed by atoms with Crippen molar-refractivity contribution in [1.29, 1.82) is 0 Å². The fraction of sp³-hybridized carbons (Fsp3) is 0.591. The van der Waals surface area contributed by atoms with Gasteiger partial charge in [0, 0.05) is 44.8 Å². The highest BCUT2D eigenvalue weighted by atomic mass is 16.5. The Labute approximate surface area is 179 Å². The summed E-state index contributed by atoms with van der Waals surface area (Å²) in [6.07, 6.45) is 2.98. The van der Waals surface area contributed by atoms with Crippen LogP contribution in [0, 0.1) is 5.92 Å². The van der Waals surface area contributed by atoms with Crippen molar-refractivity contribution in [2.75, 3.05) is 46.9 Å². The summed E-state index contributed by atoms with van der Waals surface area (Å²) in [6, 6.07) is 5.81. The summed E-state index contributed by atoms with van der Waals surface area (Å²) in [7, 11) is 3.38. The molecule has 0 radical (unpaired) electrons. The number of methoxy groups -OCH3 is 2. The lowest BCUT2D eigenvalue weighted by Gasteiger charge is -2.39. The van der Waals surface area contributed by atoms with E-state index in [-0.39, 0.29) is 6.04 Å². The topological polar surface area (TPSA) is 68.5 Å². The maximum Gasteiger partial charge on any atom is 0.173 e. The number of hydrogen-bond acceptors (Lipinski definition) is 7. The van der Waals surface area contributed by atoms with Crippen LogP contribution in [0.15, 0.2) is 30.9 Å². The molecule has 164 valence electrons. The number of aryl methyl sites for hydroxylation is 1. The second kappa shape index (κ2) is 10.5. The predicted molar refractivity (Wildman–Crippen MR) is 117 cm³/mol. The van der Waals surface area contributed by atoms with Crippen molar-refractivity contribution in [2.24, 2.45) is 5.92 Å². The first-order valence-electron chi connectivity index (χ1n) is 10.6. The Morgan fingerprint density at radius 2 is 1.90 bits per heavy atom. The molecule has 1 aromatic carbocycles. The molecule has 8 nitrogen and oxygen atoms in total. The molecule has 3 rings (SSSR count). The number of hydrogen-bond donors (Lipinski definition) is 0. The van der Waals surface area contributed by atoms with E-state index >= 15 is 0 Å². The third-order valence-electron chi connectivity index (χ3n) is 5.61. The van der Waals surface area contributed by atoms with Gasteiger partial charge in [0.1, 0.15) is 17.5 Å². The van der Waals surface area contributed by atoms with Crippen molar-refractivity contribution in [2.45, 2.75) is 32.9 Å². The molecule has 0 aliphatic carbocycles. The molecule has 0 N–H and O–H groups in total. The minimum Gasteiger partial charge on any atom is -0.497 e. The van der Waals surface area contributed by atoms with Crippen molar-refractivity contribution in [3.05, 3.63) is 42.2 Å². The Balaban J connectivity index is 1.99. The van der Waals surface area contributed by atoms with E-state index < -0.39 is 0 Å². The number of piperazine rings is 1. The summed E-state index contributed by atoms with van der Waals surface area (Å²) in [5, 5.41) is 12.8. The molecule has 1 aliphatic heterocycles. The van der Waals surface area contributed by atoms with E-state index in [1.54, 1.807) is 14.2 Å². The van der Waals surface area contributed by atoms with Crippen molar-refractivity contribution in [3.63, 3.8) is 0 Å². The molecule has 1 atom stereocenters. The molecular weight excluding hydrogens is 380 g/mol. The molecule has 1 aromatic heterocycles. The molecule has 1 unspecified atom stereocenters. The lowest BCUT2D eigenvalue weighted by Crippen LogP contribution is -2.48. The van der Waals surface area contributed by atoms with Crippen molar-refractivity contribution in [3.8, 4) is 11.5 Å². The van der Waals surface area contributed by atoms with Gasteiger partial charge in [-0.1, -0.05) is 19.9 Å². The second-order valence-corrected chi connectivity index (χ2v) is 8.08. The van der Waals surface area contributed by atoms with Gasteiger partial charge in [0.2, 0.25) is 0 Å². The zero-order valence-electron chi connectivity index (χ0n) is 18.6. The highest BCUT2D eigenvalue weighted by molar-refractivity contribution is 5.44. The first kappa shape index (κ1) is 22.2. The van der Waals surface area contributed by atoms with Gasteiger partial charge in [0.15, 0.2) is 5.82 Å². The summed E-state index contributed by atoms with van der Waals surface area (Å²) in [5.74, 6) is 3.03. The van der Waals surface area contributed by atoms with Gasteiger partial charge in [-0.05, 0) is 41.0 Å². The Morgan fingerprint density at radius 1 is 1.13 bits per heavy atom. The molecule has 0 saturated carbocycles. The lowest BCUT2D eigenvalue weighted by atomic mass is 10.0. The number of nitrogens with zero attached hydrogens (tertiary/aromatic N) is 6. The Morgan fingerprint density at radius 3 is 2.53 bits per heavy atom. The zero-order chi connectivity index (χ0) is 21.5. The number of tetrazole rings is 1. The smallest absolute Gasteiger partial charge is 0.173 e. The van der Waals surface area contributed by atoms with Gasteiger partial charge in [-0.15, -0.1) is 11.7 Å². The van der Waals surface area contributed by atoms with Crippen LogP contribution in [0.5, 0.6) is 11.5 Å². The van der Waals surface area contributed by atoms with Gasteiger partial charge < -0.3 is 9.47 Å². The number of rotatable bonds is 10. The normalized spacial score (nSPS) is 16.6. The van der Waals surface area contributed by atoms with E-state index in [1.807, 2.05) is 29.0 Å². The molecule has 1 aliphatic rings. The van der Waals surface area contributed by atoms with Crippen LogP contribution in [0.4, 0.5) is 0 Å². The van der Waals surface area contributed by atoms with E-state index in [0.29, 0.717) is 5.92 Å². The molecule has 0 bridgehead atoms. The lowest BCUT2D eigenvalue weighted by molar-refractivity contribution is 0.111. The van der Waals surface area contributed by atoms with Crippen LogP contribution in [-0.4, -0.2) is 77.0 Å². The molecule has 8 heteroatoms. The molecule has 2 heterocycles. The summed E-state index contributed by atoms with van der Waals surface area (Å²) >= 11 is 0. The average Bonchev–Trinajstić information content (AvgIpc) is 3.22. The van der Waals surface area contributed by atoms with Crippen LogP contribution in [0.2, 0.25) is 0 Å². The van der Waals surface area contributed by atoms with Crippen LogP contribution >= 0.6 is 0 Å². The summed E-state index contributed by atoms with van der Waals surface area (Å²) in [5.41, 5.74) is 1.02. The average molecular weight is 415 g/mol. The minimum atomic E-state index is -0.108. The first-order chi connectivity index (χ1) is 14.6. The Kier molecular flexibility index (Phi) is 7.81. The highest BCUT2D eigenvalue weighted by Crippen LogP contribution is 2.36. The Bertz CT molecular complexity index is 814. The maximum absolute atomic E-state index is 5.73. The third kappa shape index (κ3) is 5.17. The summed E-state index contributed by atoms with van der Waals surface area (Å²) in [6.45, 7) is 13.8. The SMILES string of the molecule is C=CCN1CCN(C(c2cc(OC)ccc2OC)c2nnnn2CCC(C)C)CC1. The number of ether oxygens (including phenoxy) is 2. The Hall–Kier alpha value is -2.45. The largest absolute Gasteiger partial charge is 0.497 e. The van der Waals surface area contributed by atoms with E-state index in [2.05, 4.69) is 45.8 Å². The molecule has 0 amide bonds. The zero-order valence-corrected chi connectivity index (χ0v) is 18.6. The minimum absolute atomic E-state index is 0.108. The van der Waals surface area contributed by atoms with E-state index in [4.69, 9.17) is 9.47 Å². The van der Waals surface area contributed by atoms with E-state index in [0.717, 1.165) is 68.6 Å². The van der Waals surface area contributed by atoms with Crippen LogP contribution in [0.3, 0.4) is 0 Å². The summed E-state index contributed by atoms with van der Waals surface area (Å²) in [4.78, 5) is 4.85. The predicted octanol–water partition coefficient (Wildman–Crippen LogP) is 2.63. The van der Waals surface area contributed by atoms with Gasteiger partial charge in [-0.2, -0.15) is 0 Å². The van der Waals surface area contributed by atoms with Crippen LogP contribution in [0.1, 0.15) is 37.7 Å². The fourth-order valence-electron chi connectivity index (χ4n) is 3.89.